The van der Waals surface area contributed by atoms with Crippen LogP contribution in [0, 0.1) is 0 Å². The Bertz CT molecular complexity index is 1190. The highest BCUT2D eigenvalue weighted by Gasteiger charge is 2.20. The van der Waals surface area contributed by atoms with Gasteiger partial charge in [0.1, 0.15) is 6.23 Å². The van der Waals surface area contributed by atoms with Crippen molar-refractivity contribution >= 4 is 0 Å². The number of unbranched alkanes of at least 4 members (excludes halogenated alkanes) is 24. The molecule has 0 spiro atoms. The van der Waals surface area contributed by atoms with Crippen LogP contribution in [0.25, 0.3) is 0 Å². The van der Waals surface area contributed by atoms with Gasteiger partial charge < -0.3 is 14.9 Å². The first-order valence-corrected chi connectivity index (χ1v) is 23.8. The molecule has 2 aromatic rings. The van der Waals surface area contributed by atoms with E-state index in [9.17, 15) is 10.2 Å². The van der Waals surface area contributed by atoms with Crippen molar-refractivity contribution in [3.05, 3.63) is 95.1 Å². The second kappa shape index (κ2) is 37.1. The number of aliphatic hydroxyl groups is 2. The molecule has 0 aliphatic carbocycles. The number of nitrogens with zero attached hydrogens (tertiary/aromatic N) is 1. The summed E-state index contributed by atoms with van der Waals surface area (Å²) in [7, 11) is 0. The molecule has 56 heavy (non-hydrogen) atoms. The Labute approximate surface area is 346 Å². The largest absolute Gasteiger partial charge is 0.381 e. The van der Waals surface area contributed by atoms with Crippen LogP contribution in [0.5, 0.6) is 0 Å². The van der Waals surface area contributed by atoms with Gasteiger partial charge in [-0.3, -0.25) is 0 Å². The minimum atomic E-state index is -0.508. The molecule has 0 heterocycles. The van der Waals surface area contributed by atoms with E-state index < -0.39 is 6.23 Å². The number of hydrogen-bond acceptors (Lipinski definition) is 4. The van der Waals surface area contributed by atoms with Crippen molar-refractivity contribution in [2.24, 2.45) is 0 Å². The van der Waals surface area contributed by atoms with Crippen molar-refractivity contribution in [1.29, 1.82) is 0 Å². The van der Waals surface area contributed by atoms with Crippen molar-refractivity contribution in [2.45, 2.75) is 219 Å². The second-order valence-corrected chi connectivity index (χ2v) is 16.4. The van der Waals surface area contributed by atoms with Crippen LogP contribution in [0.4, 0.5) is 0 Å². The average molecular weight is 774 g/mol. The third-order valence-corrected chi connectivity index (χ3v) is 11.4. The number of hydrogen-bond donors (Lipinski definition) is 2. The summed E-state index contributed by atoms with van der Waals surface area (Å²) in [6, 6.07) is 16.8. The number of ether oxygens (including phenoxy) is 1. The van der Waals surface area contributed by atoms with Crippen LogP contribution >= 0.6 is 0 Å². The lowest BCUT2D eigenvalue weighted by atomic mass is 9.94. The van der Waals surface area contributed by atoms with Gasteiger partial charge in [-0.25, -0.2) is 4.90 Å². The minimum Gasteiger partial charge on any atom is -0.381 e. The third-order valence-electron chi connectivity index (χ3n) is 11.4. The number of benzene rings is 2. The zero-order chi connectivity index (χ0) is 40.0. The zero-order valence-electron chi connectivity index (χ0n) is 36.6. The lowest BCUT2D eigenvalue weighted by Gasteiger charge is -2.28. The van der Waals surface area contributed by atoms with Gasteiger partial charge in [0.05, 0.1) is 20.1 Å². The van der Waals surface area contributed by atoms with E-state index >= 15 is 0 Å². The maximum Gasteiger partial charge on any atom is 0.140 e. The van der Waals surface area contributed by atoms with Crippen molar-refractivity contribution in [3.63, 3.8) is 0 Å². The summed E-state index contributed by atoms with van der Waals surface area (Å²) >= 11 is 0. The number of allylic oxidation sites excluding steroid dienone is 4. The molecule has 2 rings (SSSR count). The lowest BCUT2D eigenvalue weighted by Crippen LogP contribution is -2.32. The molecule has 0 saturated heterocycles. The second-order valence-electron chi connectivity index (χ2n) is 16.4. The van der Waals surface area contributed by atoms with E-state index in [0.29, 0.717) is 6.61 Å². The molecule has 0 saturated carbocycles. The maximum absolute atomic E-state index is 9.92. The molecule has 4 nitrogen and oxygen atoms in total. The number of aryl methyl sites for hydroxylation is 2. The molecule has 318 valence electrons. The van der Waals surface area contributed by atoms with Crippen molar-refractivity contribution < 1.29 is 14.9 Å². The predicted octanol–water partition coefficient (Wildman–Crippen LogP) is 15.3. The monoisotopic (exact) mass is 774 g/mol. The van der Waals surface area contributed by atoms with Gasteiger partial charge in [0.25, 0.3) is 0 Å². The fourth-order valence-corrected chi connectivity index (χ4v) is 7.77. The summed E-state index contributed by atoms with van der Waals surface area (Å²) in [5.41, 5.74) is 5.07. The number of rotatable bonds is 39. The van der Waals surface area contributed by atoms with Crippen molar-refractivity contribution in [3.8, 4) is 0 Å². The highest BCUT2D eigenvalue weighted by molar-refractivity contribution is 5.32. The molecular weight excluding hydrogens is 687 g/mol. The summed E-state index contributed by atoms with van der Waals surface area (Å²) in [6.45, 7) is 4.47. The molecule has 1 atom stereocenters. The molecule has 2 N–H and O–H groups in total. The average Bonchev–Trinajstić information content (AvgIpc) is 3.22. The summed E-state index contributed by atoms with van der Waals surface area (Å²) < 4.78 is 6.38. The maximum atomic E-state index is 9.92. The lowest BCUT2D eigenvalue weighted by molar-refractivity contribution is -0.131. The summed E-state index contributed by atoms with van der Waals surface area (Å²) in [5, 5.41) is 19.8. The van der Waals surface area contributed by atoms with Crippen LogP contribution in [0.2, 0.25) is 0 Å². The highest BCUT2D eigenvalue weighted by Crippen LogP contribution is 2.25. The molecular formula is C52H87NO3. The van der Waals surface area contributed by atoms with Gasteiger partial charge in [-0.15, -0.1) is 0 Å². The van der Waals surface area contributed by atoms with Crippen molar-refractivity contribution in [1.82, 2.24) is 4.90 Å². The molecule has 0 radical (unpaired) electrons. The van der Waals surface area contributed by atoms with Gasteiger partial charge >= 0.3 is 0 Å². The Morgan fingerprint density at radius 2 is 0.893 bits per heavy atom. The van der Waals surface area contributed by atoms with E-state index in [1.807, 2.05) is 30.3 Å². The molecule has 4 heteroatoms. The molecule has 1 unspecified atom stereocenters. The Kier molecular flexibility index (Phi) is 33.0. The highest BCUT2D eigenvalue weighted by atomic mass is 16.5. The van der Waals surface area contributed by atoms with E-state index in [0.717, 1.165) is 24.0 Å². The molecule has 0 fully saturated rings. The van der Waals surface area contributed by atoms with Crippen LogP contribution < -0.4 is 0 Å². The first-order chi connectivity index (χ1) is 27.7. The standard InChI is InChI=1S/C52H87NO3/c1-3-5-7-9-11-13-15-17-19-21-23-25-27-29-31-34-38-49-43-42-48(45-56-52(53(46-54)47-55)50-39-36-33-37-40-50)44-51(49)41-35-32-30-28-26-24-22-20-18-16-14-12-10-8-6-4-2/h17-20,33,36-37,39-40,42-44,52,54-55H,3-16,21-32,34-35,38,41,45-47H2,1-2H3/b19-17-,20-18-. The SMILES string of the molecule is CCCCCCCC/C=C\CCCCCCCCc1ccc(COC(c2ccccc2)N(CO)CO)cc1CCCCCCCC/C=C\CCCCCCCC. The van der Waals surface area contributed by atoms with Crippen LogP contribution in [-0.2, 0) is 24.2 Å². The van der Waals surface area contributed by atoms with Crippen LogP contribution in [0.15, 0.2) is 72.8 Å². The van der Waals surface area contributed by atoms with Crippen LogP contribution in [0.1, 0.15) is 222 Å². The minimum absolute atomic E-state index is 0.271. The fourth-order valence-electron chi connectivity index (χ4n) is 7.77. The third kappa shape index (κ3) is 25.9. The van der Waals surface area contributed by atoms with E-state index in [-0.39, 0.29) is 13.5 Å². The topological polar surface area (TPSA) is 52.9 Å². The molecule has 0 aromatic heterocycles. The van der Waals surface area contributed by atoms with Crippen molar-refractivity contribution in [2.75, 3.05) is 13.5 Å². The Balaban J connectivity index is 1.76. The van der Waals surface area contributed by atoms with Gasteiger partial charge in [-0.05, 0) is 99.3 Å². The van der Waals surface area contributed by atoms with E-state index in [1.54, 1.807) is 0 Å². The molecule has 0 aliphatic rings. The van der Waals surface area contributed by atoms with Gasteiger partial charge in [0, 0.05) is 0 Å². The zero-order valence-corrected chi connectivity index (χ0v) is 36.6. The molecule has 0 bridgehead atoms. The van der Waals surface area contributed by atoms with E-state index in [1.165, 1.54) is 196 Å². The summed E-state index contributed by atoms with van der Waals surface area (Å²) in [6.07, 6.45) is 48.9. The molecule has 2 aromatic carbocycles. The Hall–Kier alpha value is -2.24. The van der Waals surface area contributed by atoms with Gasteiger partial charge in [-0.2, -0.15) is 0 Å². The smallest absolute Gasteiger partial charge is 0.140 e. The van der Waals surface area contributed by atoms with Crippen LogP contribution in [0.3, 0.4) is 0 Å². The Morgan fingerprint density at radius 3 is 1.34 bits per heavy atom. The van der Waals surface area contributed by atoms with Gasteiger partial charge in [-0.1, -0.05) is 202 Å². The number of aliphatic hydroxyl groups excluding tert-OH is 2. The van der Waals surface area contributed by atoms with E-state index in [2.05, 4.69) is 56.4 Å². The molecule has 0 amide bonds. The summed E-state index contributed by atoms with van der Waals surface area (Å²) in [4.78, 5) is 1.53. The fraction of sp³-hybridized carbons (Fsp3) is 0.692. The Morgan fingerprint density at radius 1 is 0.482 bits per heavy atom. The van der Waals surface area contributed by atoms with Gasteiger partial charge in [0.2, 0.25) is 0 Å². The first kappa shape index (κ1) is 49.9. The predicted molar refractivity (Wildman–Crippen MR) is 243 cm³/mol. The first-order valence-electron chi connectivity index (χ1n) is 23.8. The quantitative estimate of drug-likeness (QED) is 0.0404. The van der Waals surface area contributed by atoms with Crippen LogP contribution in [-0.4, -0.2) is 28.6 Å². The molecule has 0 aliphatic heterocycles. The van der Waals surface area contributed by atoms with E-state index in [4.69, 9.17) is 4.74 Å². The van der Waals surface area contributed by atoms with Gasteiger partial charge in [0.15, 0.2) is 0 Å². The normalized spacial score (nSPS) is 12.5. The summed E-state index contributed by atoms with van der Waals surface area (Å²) in [5.74, 6) is 0.